The van der Waals surface area contributed by atoms with Crippen molar-refractivity contribution < 1.29 is 4.39 Å². The van der Waals surface area contributed by atoms with Crippen LogP contribution in [0.4, 0.5) is 4.39 Å². The van der Waals surface area contributed by atoms with Crippen molar-refractivity contribution in [1.82, 2.24) is 5.32 Å². The molecule has 1 nitrogen and oxygen atoms in total. The van der Waals surface area contributed by atoms with Crippen molar-refractivity contribution in [2.24, 2.45) is 5.92 Å². The van der Waals surface area contributed by atoms with Gasteiger partial charge in [0.25, 0.3) is 0 Å². The Morgan fingerprint density at radius 3 is 2.65 bits per heavy atom. The monoisotopic (exact) mass is 253 g/mol. The fourth-order valence-electron chi connectivity index (χ4n) is 2.53. The van der Waals surface area contributed by atoms with Crippen LogP contribution in [-0.2, 0) is 0 Å². The highest BCUT2D eigenvalue weighted by molar-refractivity contribution is 8.00. The lowest BCUT2D eigenvalue weighted by molar-refractivity contribution is 0.441. The Morgan fingerprint density at radius 1 is 1.29 bits per heavy atom. The van der Waals surface area contributed by atoms with Crippen molar-refractivity contribution in [3.63, 3.8) is 0 Å². The molecule has 0 radical (unpaired) electrons. The first kappa shape index (κ1) is 12.9. The topological polar surface area (TPSA) is 12.0 Å². The molecule has 1 aliphatic rings. The Bertz CT molecular complexity index is 352. The van der Waals surface area contributed by atoms with Crippen LogP contribution in [0.1, 0.15) is 26.7 Å². The van der Waals surface area contributed by atoms with Crippen molar-refractivity contribution in [1.29, 1.82) is 0 Å². The molecule has 3 heteroatoms. The van der Waals surface area contributed by atoms with Crippen LogP contribution < -0.4 is 5.32 Å². The quantitative estimate of drug-likeness (QED) is 0.878. The highest BCUT2D eigenvalue weighted by Crippen LogP contribution is 2.38. The van der Waals surface area contributed by atoms with Gasteiger partial charge in [-0.3, -0.25) is 0 Å². The fraction of sp³-hybridized carbons (Fsp3) is 0.571. The predicted molar refractivity (Wildman–Crippen MR) is 71.9 cm³/mol. The normalized spacial score (nSPS) is 28.5. The van der Waals surface area contributed by atoms with E-state index in [0.29, 0.717) is 17.2 Å². The summed E-state index contributed by atoms with van der Waals surface area (Å²) in [6, 6.07) is 7.51. The molecule has 1 aromatic rings. The smallest absolute Gasteiger partial charge is 0.123 e. The van der Waals surface area contributed by atoms with E-state index in [2.05, 4.69) is 19.2 Å². The number of hydrogen-bond donors (Lipinski definition) is 1. The van der Waals surface area contributed by atoms with Crippen LogP contribution in [0.3, 0.4) is 0 Å². The predicted octanol–water partition coefficient (Wildman–Crippen LogP) is 3.69. The molecule has 1 aromatic carbocycles. The number of thioether (sulfide) groups is 1. The number of benzene rings is 1. The molecule has 0 bridgehead atoms. The maximum atomic E-state index is 12.8. The van der Waals surface area contributed by atoms with Gasteiger partial charge in [-0.25, -0.2) is 4.39 Å². The number of hydrogen-bond acceptors (Lipinski definition) is 2. The van der Waals surface area contributed by atoms with Gasteiger partial charge in [0.1, 0.15) is 5.82 Å². The molecule has 0 spiro atoms. The molecule has 1 N–H and O–H groups in total. The molecule has 0 aliphatic heterocycles. The average Bonchev–Trinajstić information content (AvgIpc) is 2.65. The minimum absolute atomic E-state index is 0.153. The van der Waals surface area contributed by atoms with E-state index in [9.17, 15) is 4.39 Å². The third-order valence-corrected chi connectivity index (χ3v) is 5.06. The standard InChI is InChI=1S/C14H20FNS/c1-3-16-13-8-9-14(10(13)2)17-12-6-4-11(15)5-7-12/h4-7,10,13-14,16H,3,8-9H2,1-2H3. The molecule has 0 amide bonds. The first-order valence-corrected chi connectivity index (χ1v) is 7.24. The third kappa shape index (κ3) is 3.23. The van der Waals surface area contributed by atoms with Crippen LogP contribution in [0, 0.1) is 11.7 Å². The molecular formula is C14H20FNS. The lowest BCUT2D eigenvalue weighted by atomic mass is 10.1. The maximum Gasteiger partial charge on any atom is 0.123 e. The SMILES string of the molecule is CCNC1CCC(Sc2ccc(F)cc2)C1C. The van der Waals surface area contributed by atoms with Gasteiger partial charge in [-0.2, -0.15) is 0 Å². The molecular weight excluding hydrogens is 233 g/mol. The minimum Gasteiger partial charge on any atom is -0.314 e. The molecule has 0 aromatic heterocycles. The van der Waals surface area contributed by atoms with Crippen molar-refractivity contribution in [3.8, 4) is 0 Å². The number of rotatable bonds is 4. The highest BCUT2D eigenvalue weighted by Gasteiger charge is 2.32. The molecule has 1 saturated carbocycles. The zero-order valence-electron chi connectivity index (χ0n) is 10.4. The van der Waals surface area contributed by atoms with Gasteiger partial charge in [0, 0.05) is 16.2 Å². The van der Waals surface area contributed by atoms with Crippen LogP contribution in [-0.4, -0.2) is 17.8 Å². The Morgan fingerprint density at radius 2 is 2.00 bits per heavy atom. The van der Waals surface area contributed by atoms with Crippen LogP contribution in [0.5, 0.6) is 0 Å². The van der Waals surface area contributed by atoms with Crippen molar-refractivity contribution in [2.45, 2.75) is 42.9 Å². The fourth-order valence-corrected chi connectivity index (χ4v) is 3.83. The number of halogens is 1. The third-order valence-electron chi connectivity index (χ3n) is 3.55. The van der Waals surface area contributed by atoms with E-state index in [1.807, 2.05) is 23.9 Å². The van der Waals surface area contributed by atoms with Crippen LogP contribution in [0.15, 0.2) is 29.2 Å². The molecule has 0 heterocycles. The largest absolute Gasteiger partial charge is 0.314 e. The van der Waals surface area contributed by atoms with E-state index in [4.69, 9.17) is 0 Å². The highest BCUT2D eigenvalue weighted by atomic mass is 32.2. The Balaban J connectivity index is 1.94. The van der Waals surface area contributed by atoms with Crippen molar-refractivity contribution in [2.75, 3.05) is 6.54 Å². The van der Waals surface area contributed by atoms with Crippen LogP contribution in [0.2, 0.25) is 0 Å². The van der Waals surface area contributed by atoms with Gasteiger partial charge in [-0.05, 0) is 49.6 Å². The van der Waals surface area contributed by atoms with E-state index in [-0.39, 0.29) is 5.82 Å². The van der Waals surface area contributed by atoms with Crippen LogP contribution >= 0.6 is 11.8 Å². The lowest BCUT2D eigenvalue weighted by Gasteiger charge is -2.20. The summed E-state index contributed by atoms with van der Waals surface area (Å²) in [6.07, 6.45) is 2.51. The van der Waals surface area contributed by atoms with Gasteiger partial charge < -0.3 is 5.32 Å². The van der Waals surface area contributed by atoms with Crippen LogP contribution in [0.25, 0.3) is 0 Å². The Labute approximate surface area is 107 Å². The van der Waals surface area contributed by atoms with Crippen molar-refractivity contribution >= 4 is 11.8 Å². The summed E-state index contributed by atoms with van der Waals surface area (Å²) in [4.78, 5) is 1.18. The second-order valence-corrected chi connectivity index (χ2v) is 6.02. The second-order valence-electron chi connectivity index (χ2n) is 4.71. The van der Waals surface area contributed by atoms with Gasteiger partial charge in [-0.15, -0.1) is 11.8 Å². The summed E-state index contributed by atoms with van der Waals surface area (Å²) in [5.74, 6) is 0.532. The summed E-state index contributed by atoms with van der Waals surface area (Å²) >= 11 is 1.89. The number of nitrogens with one attached hydrogen (secondary N) is 1. The molecule has 1 aliphatic carbocycles. The Hall–Kier alpha value is -0.540. The summed E-state index contributed by atoms with van der Waals surface area (Å²) < 4.78 is 12.8. The lowest BCUT2D eigenvalue weighted by Crippen LogP contribution is -2.32. The first-order chi connectivity index (χ1) is 8.20. The van der Waals surface area contributed by atoms with Gasteiger partial charge in [0.2, 0.25) is 0 Å². The summed E-state index contributed by atoms with van der Waals surface area (Å²) in [5, 5.41) is 4.20. The molecule has 17 heavy (non-hydrogen) atoms. The van der Waals surface area contributed by atoms with E-state index in [1.54, 1.807) is 12.1 Å². The summed E-state index contributed by atoms with van der Waals surface area (Å²) in [5.41, 5.74) is 0. The molecule has 3 atom stereocenters. The van der Waals surface area contributed by atoms with Gasteiger partial charge in [0.15, 0.2) is 0 Å². The van der Waals surface area contributed by atoms with Gasteiger partial charge in [-0.1, -0.05) is 13.8 Å². The minimum atomic E-state index is -0.153. The average molecular weight is 253 g/mol. The maximum absolute atomic E-state index is 12.8. The zero-order chi connectivity index (χ0) is 12.3. The molecule has 0 saturated heterocycles. The van der Waals surface area contributed by atoms with Gasteiger partial charge in [0.05, 0.1) is 0 Å². The van der Waals surface area contributed by atoms with E-state index < -0.39 is 0 Å². The van der Waals surface area contributed by atoms with Gasteiger partial charge >= 0.3 is 0 Å². The molecule has 3 unspecified atom stereocenters. The molecule has 94 valence electrons. The second kappa shape index (κ2) is 5.87. The van der Waals surface area contributed by atoms with Crippen molar-refractivity contribution in [3.05, 3.63) is 30.1 Å². The zero-order valence-corrected chi connectivity index (χ0v) is 11.3. The molecule has 1 fully saturated rings. The summed E-state index contributed by atoms with van der Waals surface area (Å²) in [7, 11) is 0. The molecule has 2 rings (SSSR count). The van der Waals surface area contributed by atoms with E-state index in [0.717, 1.165) is 6.54 Å². The van der Waals surface area contributed by atoms with E-state index >= 15 is 0 Å². The first-order valence-electron chi connectivity index (χ1n) is 6.36. The van der Waals surface area contributed by atoms with E-state index in [1.165, 1.54) is 17.7 Å². The Kier molecular flexibility index (Phi) is 4.46. The summed E-state index contributed by atoms with van der Waals surface area (Å²) in [6.45, 7) is 5.53.